The molecule has 0 radical (unpaired) electrons. The maximum Gasteiger partial charge on any atom is 0.226 e. The van der Waals surface area contributed by atoms with Gasteiger partial charge in [-0.15, -0.1) is 0 Å². The van der Waals surface area contributed by atoms with Gasteiger partial charge in [-0.25, -0.2) is 4.98 Å². The van der Waals surface area contributed by atoms with Gasteiger partial charge in [0.2, 0.25) is 5.91 Å². The second kappa shape index (κ2) is 10.2. The summed E-state index contributed by atoms with van der Waals surface area (Å²) in [5.74, 6) is -0.164. The highest BCUT2D eigenvalue weighted by Gasteiger charge is 2.25. The molecule has 6 rings (SSSR count). The number of amides is 1. The van der Waals surface area contributed by atoms with Crippen molar-refractivity contribution in [2.45, 2.75) is 27.2 Å². The molecule has 1 amide bonds. The topological polar surface area (TPSA) is 134 Å². The normalized spacial score (nSPS) is 16.2. The van der Waals surface area contributed by atoms with E-state index in [0.29, 0.717) is 18.8 Å². The van der Waals surface area contributed by atoms with Crippen molar-refractivity contribution in [2.24, 2.45) is 16.6 Å². The number of nitrogens with one attached hydrogen (secondary N) is 4. The summed E-state index contributed by atoms with van der Waals surface area (Å²) in [6.07, 6.45) is 13.7. The molecule has 0 fully saturated rings. The van der Waals surface area contributed by atoms with Crippen molar-refractivity contribution < 1.29 is 4.79 Å². The number of nitrogens with zero attached hydrogens (tertiary/aromatic N) is 4. The van der Waals surface area contributed by atoms with Crippen LogP contribution < -0.4 is 27.0 Å². The second-order valence-electron chi connectivity index (χ2n) is 10.3. The lowest BCUT2D eigenvalue weighted by Gasteiger charge is -2.28. The number of benzene rings is 1. The summed E-state index contributed by atoms with van der Waals surface area (Å²) < 4.78 is 1.99. The van der Waals surface area contributed by atoms with Crippen molar-refractivity contribution in [1.82, 2.24) is 25.2 Å². The first-order valence-electron chi connectivity index (χ1n) is 13.2. The summed E-state index contributed by atoms with van der Waals surface area (Å²) >= 11 is 0. The van der Waals surface area contributed by atoms with Crippen LogP contribution in [0, 0.1) is 12.8 Å². The molecule has 40 heavy (non-hydrogen) atoms. The average molecular weight is 534 g/mol. The summed E-state index contributed by atoms with van der Waals surface area (Å²) in [5.41, 5.74) is 17.0. The molecule has 10 heteroatoms. The quantitative estimate of drug-likeness (QED) is 0.334. The SMILES string of the molecule is Cc1cn(C2=CC=C(N)CC3=C2NC=C(C2=NCNc4ccc(-c5cncc(NC(=O)C(C)C)c5)cc42)N3)cn1. The maximum atomic E-state index is 12.2. The molecule has 3 aliphatic rings. The molecular formula is C30H31N9O. The van der Waals surface area contributed by atoms with Crippen LogP contribution in [-0.2, 0) is 4.79 Å². The number of rotatable bonds is 5. The third-order valence-corrected chi connectivity index (χ3v) is 6.93. The largest absolute Gasteiger partial charge is 0.402 e. The van der Waals surface area contributed by atoms with E-state index in [0.717, 1.165) is 62.3 Å². The fourth-order valence-corrected chi connectivity index (χ4v) is 4.83. The van der Waals surface area contributed by atoms with Crippen LogP contribution in [0.1, 0.15) is 31.5 Å². The number of nitrogens with two attached hydrogens (primary N) is 1. The first-order chi connectivity index (χ1) is 19.4. The van der Waals surface area contributed by atoms with Gasteiger partial charge in [-0.3, -0.25) is 14.8 Å². The van der Waals surface area contributed by atoms with Gasteiger partial charge in [0.15, 0.2) is 0 Å². The molecule has 0 unspecified atom stereocenters. The maximum absolute atomic E-state index is 12.2. The molecule has 6 N–H and O–H groups in total. The Bertz CT molecular complexity index is 1670. The Labute approximate surface area is 232 Å². The Morgan fingerprint density at radius 3 is 2.83 bits per heavy atom. The number of fused-ring (bicyclic) bond motifs is 1. The number of aromatic nitrogens is 3. The number of aliphatic imine (C=N–C) groups is 1. The molecule has 202 valence electrons. The second-order valence-corrected chi connectivity index (χ2v) is 10.3. The third kappa shape index (κ3) is 4.86. The van der Waals surface area contributed by atoms with E-state index < -0.39 is 0 Å². The molecule has 0 spiro atoms. The van der Waals surface area contributed by atoms with Crippen molar-refractivity contribution in [3.8, 4) is 11.1 Å². The number of allylic oxidation sites excluding steroid dienone is 4. The number of hydrogen-bond donors (Lipinski definition) is 5. The lowest BCUT2D eigenvalue weighted by molar-refractivity contribution is -0.118. The van der Waals surface area contributed by atoms with Gasteiger partial charge in [0.1, 0.15) is 6.67 Å². The lowest BCUT2D eigenvalue weighted by Crippen LogP contribution is -2.33. The van der Waals surface area contributed by atoms with E-state index in [1.807, 2.05) is 62.0 Å². The number of aryl methyl sites for hydroxylation is 1. The molecule has 0 saturated heterocycles. The van der Waals surface area contributed by atoms with Crippen LogP contribution in [0.5, 0.6) is 0 Å². The van der Waals surface area contributed by atoms with Crippen LogP contribution in [0.2, 0.25) is 0 Å². The minimum atomic E-state index is -0.118. The van der Waals surface area contributed by atoms with Gasteiger partial charge < -0.3 is 31.6 Å². The molecule has 0 atom stereocenters. The Hall–Kier alpha value is -5.12. The molecule has 3 aromatic rings. The van der Waals surface area contributed by atoms with Crippen LogP contribution in [0.15, 0.2) is 95.3 Å². The van der Waals surface area contributed by atoms with E-state index in [2.05, 4.69) is 43.4 Å². The van der Waals surface area contributed by atoms with Gasteiger partial charge in [0, 0.05) is 59.1 Å². The van der Waals surface area contributed by atoms with Crippen LogP contribution in [0.25, 0.3) is 16.8 Å². The molecule has 1 aliphatic carbocycles. The molecule has 2 aliphatic heterocycles. The summed E-state index contributed by atoms with van der Waals surface area (Å²) in [6.45, 7) is 6.15. The monoisotopic (exact) mass is 533 g/mol. The molecule has 1 aromatic carbocycles. The molecule has 0 bridgehead atoms. The van der Waals surface area contributed by atoms with E-state index in [4.69, 9.17) is 10.7 Å². The zero-order valence-corrected chi connectivity index (χ0v) is 22.6. The summed E-state index contributed by atoms with van der Waals surface area (Å²) in [7, 11) is 0. The van der Waals surface area contributed by atoms with Gasteiger partial charge in [-0.2, -0.15) is 0 Å². The average Bonchev–Trinajstić information content (AvgIpc) is 3.31. The zero-order chi connectivity index (χ0) is 27.8. The number of pyridine rings is 1. The van der Waals surface area contributed by atoms with Crippen molar-refractivity contribution in [3.05, 3.63) is 102 Å². The van der Waals surface area contributed by atoms with E-state index in [9.17, 15) is 4.79 Å². The Morgan fingerprint density at radius 1 is 1.15 bits per heavy atom. The van der Waals surface area contributed by atoms with Crippen molar-refractivity contribution in [2.75, 3.05) is 17.3 Å². The molecular weight excluding hydrogens is 502 g/mol. The molecule has 4 heterocycles. The van der Waals surface area contributed by atoms with Crippen LogP contribution in [-0.4, -0.2) is 32.8 Å². The highest BCUT2D eigenvalue weighted by molar-refractivity contribution is 6.17. The third-order valence-electron chi connectivity index (χ3n) is 6.93. The molecule has 2 aromatic heterocycles. The predicted octanol–water partition coefficient (Wildman–Crippen LogP) is 4.05. The number of carbonyl (C=O) groups excluding carboxylic acids is 1. The number of carbonyl (C=O) groups is 1. The van der Waals surface area contributed by atoms with Gasteiger partial charge >= 0.3 is 0 Å². The molecule has 10 nitrogen and oxygen atoms in total. The van der Waals surface area contributed by atoms with Crippen LogP contribution >= 0.6 is 0 Å². The van der Waals surface area contributed by atoms with Crippen molar-refractivity contribution in [1.29, 1.82) is 0 Å². The summed E-state index contributed by atoms with van der Waals surface area (Å²) in [4.78, 5) is 25.8. The van der Waals surface area contributed by atoms with Crippen molar-refractivity contribution in [3.63, 3.8) is 0 Å². The Balaban J connectivity index is 1.30. The van der Waals surface area contributed by atoms with Gasteiger partial charge in [-0.1, -0.05) is 19.9 Å². The first kappa shape index (κ1) is 25.2. The van der Waals surface area contributed by atoms with Crippen LogP contribution in [0.4, 0.5) is 11.4 Å². The van der Waals surface area contributed by atoms with E-state index >= 15 is 0 Å². The highest BCUT2D eigenvalue weighted by atomic mass is 16.1. The number of imidazole rings is 1. The predicted molar refractivity (Wildman–Crippen MR) is 158 cm³/mol. The van der Waals surface area contributed by atoms with E-state index in [-0.39, 0.29) is 11.8 Å². The Kier molecular flexibility index (Phi) is 6.43. The van der Waals surface area contributed by atoms with E-state index in [1.54, 1.807) is 18.7 Å². The smallest absolute Gasteiger partial charge is 0.226 e. The minimum absolute atomic E-state index is 0.0466. The lowest BCUT2D eigenvalue weighted by atomic mass is 9.97. The first-order valence-corrected chi connectivity index (χ1v) is 13.2. The van der Waals surface area contributed by atoms with Crippen molar-refractivity contribution >= 4 is 28.7 Å². The molecule has 0 saturated carbocycles. The Morgan fingerprint density at radius 2 is 2.02 bits per heavy atom. The fourth-order valence-electron chi connectivity index (χ4n) is 4.83. The summed E-state index contributed by atoms with van der Waals surface area (Å²) in [5, 5.41) is 13.4. The fraction of sp³-hybridized carbons (Fsp3) is 0.200. The number of hydrogen-bond acceptors (Lipinski definition) is 8. The van der Waals surface area contributed by atoms with Gasteiger partial charge in [0.25, 0.3) is 0 Å². The minimum Gasteiger partial charge on any atom is -0.402 e. The highest BCUT2D eigenvalue weighted by Crippen LogP contribution is 2.32. The van der Waals surface area contributed by atoms with Gasteiger partial charge in [0.05, 0.1) is 46.7 Å². The van der Waals surface area contributed by atoms with E-state index in [1.165, 1.54) is 0 Å². The van der Waals surface area contributed by atoms with Gasteiger partial charge in [-0.05, 0) is 42.8 Å². The standard InChI is InChI=1S/C30H31N9O/c1-17(2)30(40)37-22-8-20(11-32-12-22)19-4-6-24-23(9-19)28(35-15-34-24)26-13-33-29-25(38-26)10-21(31)5-7-27(29)39-14-18(3)36-16-39/h4-9,11-14,16-17,33-34,38H,10,15,31H2,1-3H3,(H,37,40). The summed E-state index contributed by atoms with van der Waals surface area (Å²) in [6, 6.07) is 8.13. The zero-order valence-electron chi connectivity index (χ0n) is 22.6. The van der Waals surface area contributed by atoms with Crippen LogP contribution in [0.3, 0.4) is 0 Å². The number of anilines is 2.